The number of carbonyl (C=O) groups is 2. The highest BCUT2D eigenvalue weighted by Crippen LogP contribution is 2.27. The summed E-state index contributed by atoms with van der Waals surface area (Å²) in [5, 5.41) is 2.53. The lowest BCUT2D eigenvalue weighted by Gasteiger charge is -2.33. The third-order valence-electron chi connectivity index (χ3n) is 4.31. The summed E-state index contributed by atoms with van der Waals surface area (Å²) in [6, 6.07) is -0.995. The summed E-state index contributed by atoms with van der Waals surface area (Å²) < 4.78 is 44.3. The molecule has 7 nitrogen and oxygen atoms in total. The zero-order valence-corrected chi connectivity index (χ0v) is 16.8. The Hall–Kier alpha value is -2.00. The van der Waals surface area contributed by atoms with E-state index in [1.54, 1.807) is 27.7 Å². The molecule has 1 N–H and O–H groups in total. The van der Waals surface area contributed by atoms with E-state index < -0.39 is 41.8 Å². The Bertz CT molecular complexity index is 587. The standard InChI is InChI=1S/C17H29F3N4O3/c1-10-8-9-12(24(10)15(26)27-16(3,4)5)13(25)22-11(2)23(7)14(21-6)17(18,19)20/h10-12H,8-9H2,1-7H3,(H,22,25)/b21-14-/t10-,11?,12-/m0/s1. The molecule has 1 saturated heterocycles. The number of nitrogens with one attached hydrogen (secondary N) is 1. The SMILES string of the molecule is C/N=C(\N(C)C(C)NC(=O)[C@@H]1CC[C@H](C)N1C(=O)OC(C)(C)C)C(F)(F)F. The second kappa shape index (κ2) is 8.35. The summed E-state index contributed by atoms with van der Waals surface area (Å²) >= 11 is 0. The van der Waals surface area contributed by atoms with E-state index >= 15 is 0 Å². The first kappa shape index (κ1) is 23.0. The monoisotopic (exact) mass is 394 g/mol. The number of halogens is 3. The number of amidine groups is 1. The van der Waals surface area contributed by atoms with Gasteiger partial charge in [-0.15, -0.1) is 0 Å². The van der Waals surface area contributed by atoms with Crippen molar-refractivity contribution in [1.82, 2.24) is 15.1 Å². The van der Waals surface area contributed by atoms with E-state index in [1.807, 2.05) is 0 Å². The van der Waals surface area contributed by atoms with E-state index in [-0.39, 0.29) is 6.04 Å². The predicted octanol–water partition coefficient (Wildman–Crippen LogP) is 2.76. The first-order valence-electron chi connectivity index (χ1n) is 8.77. The van der Waals surface area contributed by atoms with Crippen molar-refractivity contribution in [2.75, 3.05) is 14.1 Å². The molecule has 0 aliphatic carbocycles. The normalized spacial score (nSPS) is 22.4. The van der Waals surface area contributed by atoms with Crippen molar-refractivity contribution in [3.8, 4) is 0 Å². The van der Waals surface area contributed by atoms with Gasteiger partial charge in [-0.25, -0.2) is 4.79 Å². The van der Waals surface area contributed by atoms with Crippen LogP contribution >= 0.6 is 0 Å². The first-order chi connectivity index (χ1) is 12.2. The van der Waals surface area contributed by atoms with Crippen LogP contribution in [0.2, 0.25) is 0 Å². The van der Waals surface area contributed by atoms with Crippen molar-refractivity contribution in [3.05, 3.63) is 0 Å². The molecule has 1 unspecified atom stereocenters. The average molecular weight is 394 g/mol. The lowest BCUT2D eigenvalue weighted by Crippen LogP contribution is -2.56. The Morgan fingerprint density at radius 1 is 1.26 bits per heavy atom. The van der Waals surface area contributed by atoms with Crippen LogP contribution in [0, 0.1) is 0 Å². The van der Waals surface area contributed by atoms with Gasteiger partial charge in [-0.2, -0.15) is 13.2 Å². The van der Waals surface area contributed by atoms with Crippen LogP contribution in [-0.2, 0) is 9.53 Å². The number of nitrogens with zero attached hydrogens (tertiary/aromatic N) is 3. The second-order valence-corrected chi connectivity index (χ2v) is 7.67. The average Bonchev–Trinajstić information content (AvgIpc) is 2.86. The van der Waals surface area contributed by atoms with Crippen molar-refractivity contribution in [3.63, 3.8) is 0 Å². The van der Waals surface area contributed by atoms with Gasteiger partial charge in [-0.05, 0) is 47.5 Å². The molecule has 0 aromatic carbocycles. The number of ether oxygens (including phenoxy) is 1. The van der Waals surface area contributed by atoms with Crippen LogP contribution in [-0.4, -0.2) is 71.8 Å². The smallest absolute Gasteiger partial charge is 0.444 e. The highest BCUT2D eigenvalue weighted by molar-refractivity contribution is 5.89. The topological polar surface area (TPSA) is 74.2 Å². The zero-order chi connectivity index (χ0) is 21.2. The van der Waals surface area contributed by atoms with Gasteiger partial charge in [0, 0.05) is 20.1 Å². The third kappa shape index (κ3) is 6.00. The fraction of sp³-hybridized carbons (Fsp3) is 0.824. The van der Waals surface area contributed by atoms with E-state index in [2.05, 4.69) is 10.3 Å². The molecule has 0 radical (unpaired) electrons. The Kier molecular flexibility index (Phi) is 7.12. The molecule has 1 heterocycles. The number of likely N-dealkylation sites (tertiary alicyclic amines) is 1. The number of rotatable bonds is 3. The molecule has 0 spiro atoms. The molecule has 10 heteroatoms. The molecule has 0 aromatic rings. The molecular formula is C17H29F3N4O3. The van der Waals surface area contributed by atoms with Gasteiger partial charge in [0.05, 0.1) is 6.17 Å². The predicted molar refractivity (Wildman–Crippen MR) is 95.3 cm³/mol. The zero-order valence-electron chi connectivity index (χ0n) is 16.8. The highest BCUT2D eigenvalue weighted by atomic mass is 19.4. The summed E-state index contributed by atoms with van der Waals surface area (Å²) in [5.41, 5.74) is -0.715. The minimum absolute atomic E-state index is 0.202. The van der Waals surface area contributed by atoms with Crippen molar-refractivity contribution < 1.29 is 27.5 Å². The van der Waals surface area contributed by atoms with Gasteiger partial charge >= 0.3 is 12.3 Å². The number of hydrogen-bond donors (Lipinski definition) is 1. The Balaban J connectivity index is 2.87. The number of aliphatic imine (C=N–C) groups is 1. The van der Waals surface area contributed by atoms with Crippen molar-refractivity contribution in [2.45, 2.75) is 77.5 Å². The molecule has 0 aromatic heterocycles. The molecule has 0 bridgehead atoms. The fourth-order valence-corrected chi connectivity index (χ4v) is 2.93. The quantitative estimate of drug-likeness (QED) is 0.454. The maximum Gasteiger partial charge on any atom is 0.449 e. The molecule has 1 aliphatic rings. The largest absolute Gasteiger partial charge is 0.449 e. The number of carbonyl (C=O) groups excluding carboxylic acids is 2. The maximum atomic E-state index is 13.0. The molecule has 3 atom stereocenters. The van der Waals surface area contributed by atoms with Crippen LogP contribution in [0.4, 0.5) is 18.0 Å². The number of hydrogen-bond acceptors (Lipinski definition) is 4. The van der Waals surface area contributed by atoms with Crippen LogP contribution in [0.5, 0.6) is 0 Å². The van der Waals surface area contributed by atoms with Gasteiger partial charge in [-0.1, -0.05) is 0 Å². The van der Waals surface area contributed by atoms with E-state index in [0.29, 0.717) is 12.8 Å². The molecule has 1 aliphatic heterocycles. The maximum absolute atomic E-state index is 13.0. The van der Waals surface area contributed by atoms with Gasteiger partial charge < -0.3 is 15.0 Å². The lowest BCUT2D eigenvalue weighted by atomic mass is 10.2. The van der Waals surface area contributed by atoms with Crippen LogP contribution in [0.25, 0.3) is 0 Å². The Morgan fingerprint density at radius 2 is 1.81 bits per heavy atom. The van der Waals surface area contributed by atoms with E-state index in [9.17, 15) is 22.8 Å². The summed E-state index contributed by atoms with van der Waals surface area (Å²) in [5.74, 6) is -1.62. The molecule has 2 amide bonds. The fourth-order valence-electron chi connectivity index (χ4n) is 2.93. The van der Waals surface area contributed by atoms with Gasteiger partial charge in [0.25, 0.3) is 0 Å². The van der Waals surface area contributed by atoms with Gasteiger partial charge in [0.1, 0.15) is 11.6 Å². The second-order valence-electron chi connectivity index (χ2n) is 7.67. The molecule has 156 valence electrons. The van der Waals surface area contributed by atoms with Crippen LogP contribution in [0.1, 0.15) is 47.5 Å². The van der Waals surface area contributed by atoms with Crippen LogP contribution in [0.15, 0.2) is 4.99 Å². The van der Waals surface area contributed by atoms with E-state index in [1.165, 1.54) is 18.9 Å². The molecule has 27 heavy (non-hydrogen) atoms. The number of alkyl halides is 3. The Labute approximate surface area is 157 Å². The van der Waals surface area contributed by atoms with Gasteiger partial charge in [0.2, 0.25) is 11.7 Å². The summed E-state index contributed by atoms with van der Waals surface area (Å²) in [6.45, 7) is 8.39. The van der Waals surface area contributed by atoms with E-state index in [0.717, 1.165) is 11.9 Å². The molecule has 0 saturated carbocycles. The van der Waals surface area contributed by atoms with Gasteiger partial charge in [0.15, 0.2) is 0 Å². The summed E-state index contributed by atoms with van der Waals surface area (Å²) in [7, 11) is 2.24. The van der Waals surface area contributed by atoms with Crippen molar-refractivity contribution >= 4 is 17.8 Å². The highest BCUT2D eigenvalue weighted by Gasteiger charge is 2.43. The third-order valence-corrected chi connectivity index (χ3v) is 4.31. The minimum atomic E-state index is -4.63. The van der Waals surface area contributed by atoms with Crippen LogP contribution in [0.3, 0.4) is 0 Å². The molecule has 1 fully saturated rings. The molecular weight excluding hydrogens is 365 g/mol. The minimum Gasteiger partial charge on any atom is -0.444 e. The Morgan fingerprint density at radius 3 is 2.26 bits per heavy atom. The lowest BCUT2D eigenvalue weighted by molar-refractivity contribution is -0.127. The van der Waals surface area contributed by atoms with Crippen molar-refractivity contribution in [2.24, 2.45) is 4.99 Å². The van der Waals surface area contributed by atoms with E-state index in [4.69, 9.17) is 4.74 Å². The number of amides is 2. The summed E-state index contributed by atoms with van der Waals surface area (Å²) in [6.07, 6.45) is -5.19. The van der Waals surface area contributed by atoms with Crippen LogP contribution < -0.4 is 5.32 Å². The summed E-state index contributed by atoms with van der Waals surface area (Å²) in [4.78, 5) is 30.5. The molecule has 1 rings (SSSR count). The van der Waals surface area contributed by atoms with Crippen molar-refractivity contribution in [1.29, 1.82) is 0 Å². The first-order valence-corrected chi connectivity index (χ1v) is 8.77. The van der Waals surface area contributed by atoms with Gasteiger partial charge in [-0.3, -0.25) is 14.7 Å².